The number of amides is 2. The van der Waals surface area contributed by atoms with E-state index < -0.39 is 12.0 Å². The topological polar surface area (TPSA) is 81.7 Å². The van der Waals surface area contributed by atoms with E-state index >= 15 is 0 Å². The molecule has 0 radical (unpaired) electrons. The van der Waals surface area contributed by atoms with Crippen molar-refractivity contribution in [1.29, 1.82) is 0 Å². The van der Waals surface area contributed by atoms with Crippen molar-refractivity contribution in [3.63, 3.8) is 0 Å². The molecule has 0 aromatic heterocycles. The molecule has 0 aliphatic carbocycles. The second-order valence-electron chi connectivity index (χ2n) is 4.75. The maximum Gasteiger partial charge on any atom is 0.323 e. The second-order valence-corrected chi connectivity index (χ2v) is 4.75. The highest BCUT2D eigenvalue weighted by Gasteiger charge is 2.18. The number of rotatable bonds is 8. The van der Waals surface area contributed by atoms with E-state index in [1.165, 1.54) is 4.90 Å². The zero-order valence-electron chi connectivity index (χ0n) is 12.6. The summed E-state index contributed by atoms with van der Waals surface area (Å²) < 4.78 is 0. The lowest BCUT2D eigenvalue weighted by molar-refractivity contribution is -0.135. The van der Waals surface area contributed by atoms with Crippen LogP contribution in [0.15, 0.2) is 24.3 Å². The van der Waals surface area contributed by atoms with E-state index in [-0.39, 0.29) is 6.54 Å². The molecule has 1 rings (SSSR count). The van der Waals surface area contributed by atoms with Gasteiger partial charge in [-0.15, -0.1) is 0 Å². The minimum atomic E-state index is -1.04. The average molecular weight is 293 g/mol. The summed E-state index contributed by atoms with van der Waals surface area (Å²) in [5.74, 6) is -1.04. The summed E-state index contributed by atoms with van der Waals surface area (Å²) >= 11 is 0. The van der Waals surface area contributed by atoms with E-state index in [9.17, 15) is 9.59 Å². The summed E-state index contributed by atoms with van der Waals surface area (Å²) in [4.78, 5) is 24.3. The van der Waals surface area contributed by atoms with Crippen molar-refractivity contribution < 1.29 is 14.7 Å². The van der Waals surface area contributed by atoms with E-state index in [2.05, 4.69) is 10.6 Å². The zero-order chi connectivity index (χ0) is 15.7. The van der Waals surface area contributed by atoms with Gasteiger partial charge in [-0.25, -0.2) is 4.79 Å². The third kappa shape index (κ3) is 6.27. The smallest absolute Gasteiger partial charge is 0.323 e. The molecule has 0 atom stereocenters. The van der Waals surface area contributed by atoms with Crippen LogP contribution in [0.2, 0.25) is 0 Å². The monoisotopic (exact) mass is 293 g/mol. The van der Waals surface area contributed by atoms with Crippen molar-refractivity contribution >= 4 is 17.7 Å². The SMILES string of the molecule is CCNCCCNC(=O)N(CC(=O)O)c1ccc(C)cc1. The van der Waals surface area contributed by atoms with Gasteiger partial charge in [-0.1, -0.05) is 24.6 Å². The first-order valence-electron chi connectivity index (χ1n) is 7.09. The van der Waals surface area contributed by atoms with Crippen LogP contribution >= 0.6 is 0 Å². The molecule has 0 aliphatic rings. The molecule has 0 fully saturated rings. The fourth-order valence-corrected chi connectivity index (χ4v) is 1.82. The van der Waals surface area contributed by atoms with Gasteiger partial charge in [0, 0.05) is 12.2 Å². The third-order valence-electron chi connectivity index (χ3n) is 2.94. The molecule has 0 aliphatic heterocycles. The van der Waals surface area contributed by atoms with E-state index in [1.54, 1.807) is 12.1 Å². The predicted octanol–water partition coefficient (Wildman–Crippen LogP) is 1.60. The highest BCUT2D eigenvalue weighted by Crippen LogP contribution is 2.15. The number of aliphatic carboxylic acids is 1. The predicted molar refractivity (Wildman–Crippen MR) is 82.7 cm³/mol. The Morgan fingerprint density at radius 3 is 2.43 bits per heavy atom. The normalized spacial score (nSPS) is 10.2. The molecular weight excluding hydrogens is 270 g/mol. The zero-order valence-corrected chi connectivity index (χ0v) is 12.6. The number of hydrogen-bond donors (Lipinski definition) is 3. The Balaban J connectivity index is 2.62. The molecule has 1 aromatic rings. The van der Waals surface area contributed by atoms with Gasteiger partial charge in [0.05, 0.1) is 0 Å². The number of nitrogens with zero attached hydrogens (tertiary/aromatic N) is 1. The number of urea groups is 1. The molecule has 6 nitrogen and oxygen atoms in total. The number of aryl methyl sites for hydroxylation is 1. The second kappa shape index (κ2) is 8.97. The molecule has 116 valence electrons. The van der Waals surface area contributed by atoms with Crippen molar-refractivity contribution in [3.8, 4) is 0 Å². The minimum Gasteiger partial charge on any atom is -0.480 e. The van der Waals surface area contributed by atoms with E-state index in [4.69, 9.17) is 5.11 Å². The molecule has 3 N–H and O–H groups in total. The average Bonchev–Trinajstić information content (AvgIpc) is 2.45. The highest BCUT2D eigenvalue weighted by atomic mass is 16.4. The summed E-state index contributed by atoms with van der Waals surface area (Å²) in [5.41, 5.74) is 1.63. The molecule has 21 heavy (non-hydrogen) atoms. The van der Waals surface area contributed by atoms with E-state index in [0.717, 1.165) is 25.1 Å². The van der Waals surface area contributed by atoms with Crippen molar-refractivity contribution in [2.75, 3.05) is 31.1 Å². The fraction of sp³-hybridized carbons (Fsp3) is 0.467. The van der Waals surface area contributed by atoms with Crippen LogP contribution in [0.1, 0.15) is 18.9 Å². The lowest BCUT2D eigenvalue weighted by atomic mass is 10.2. The molecule has 6 heteroatoms. The van der Waals surface area contributed by atoms with Crippen molar-refractivity contribution in [1.82, 2.24) is 10.6 Å². The number of carboxylic acid groups (broad SMARTS) is 1. The molecule has 0 unspecified atom stereocenters. The standard InChI is InChI=1S/C15H23N3O3/c1-3-16-9-4-10-17-15(21)18(11-14(19)20)13-7-5-12(2)6-8-13/h5-8,16H,3-4,9-11H2,1-2H3,(H,17,21)(H,19,20). The summed E-state index contributed by atoms with van der Waals surface area (Å²) in [7, 11) is 0. The number of benzene rings is 1. The number of carboxylic acids is 1. The van der Waals surface area contributed by atoms with Gasteiger partial charge in [-0.05, 0) is 38.6 Å². The first-order chi connectivity index (χ1) is 10.0. The maximum atomic E-state index is 12.1. The Hall–Kier alpha value is -2.08. The van der Waals surface area contributed by atoms with Gasteiger partial charge >= 0.3 is 12.0 Å². The summed E-state index contributed by atoms with van der Waals surface area (Å²) in [6.07, 6.45) is 0.800. The molecular formula is C15H23N3O3. The Kier molecular flexibility index (Phi) is 7.25. The van der Waals surface area contributed by atoms with E-state index in [0.29, 0.717) is 12.2 Å². The number of nitrogens with one attached hydrogen (secondary N) is 2. The Labute approximate surface area is 125 Å². The lowest BCUT2D eigenvalue weighted by Crippen LogP contribution is -2.43. The molecule has 0 bridgehead atoms. The van der Waals surface area contributed by atoms with Gasteiger partial charge < -0.3 is 15.7 Å². The number of carbonyl (C=O) groups excluding carboxylic acids is 1. The van der Waals surface area contributed by atoms with Gasteiger partial charge in [0.15, 0.2) is 0 Å². The van der Waals surface area contributed by atoms with Crippen LogP contribution in [0.3, 0.4) is 0 Å². The maximum absolute atomic E-state index is 12.1. The Morgan fingerprint density at radius 1 is 1.19 bits per heavy atom. The lowest BCUT2D eigenvalue weighted by Gasteiger charge is -2.21. The molecule has 0 saturated heterocycles. The van der Waals surface area contributed by atoms with Crippen molar-refractivity contribution in [2.24, 2.45) is 0 Å². The quantitative estimate of drug-likeness (QED) is 0.636. The van der Waals surface area contributed by atoms with Gasteiger partial charge in [-0.3, -0.25) is 9.69 Å². The van der Waals surface area contributed by atoms with Crippen LogP contribution in [0.25, 0.3) is 0 Å². The number of anilines is 1. The van der Waals surface area contributed by atoms with Crippen LogP contribution in [0, 0.1) is 6.92 Å². The van der Waals surface area contributed by atoms with Crippen molar-refractivity contribution in [3.05, 3.63) is 29.8 Å². The van der Waals surface area contributed by atoms with Crippen LogP contribution < -0.4 is 15.5 Å². The molecule has 0 saturated carbocycles. The first-order valence-corrected chi connectivity index (χ1v) is 7.09. The Bertz CT molecular complexity index is 460. The van der Waals surface area contributed by atoms with Crippen molar-refractivity contribution in [2.45, 2.75) is 20.3 Å². The largest absolute Gasteiger partial charge is 0.480 e. The fourth-order valence-electron chi connectivity index (χ4n) is 1.82. The Morgan fingerprint density at radius 2 is 1.86 bits per heavy atom. The summed E-state index contributed by atoms with van der Waals surface area (Å²) in [5, 5.41) is 14.9. The molecule has 2 amide bonds. The van der Waals surface area contributed by atoms with Crippen LogP contribution in [-0.4, -0.2) is 43.3 Å². The number of carbonyl (C=O) groups is 2. The van der Waals surface area contributed by atoms with Gasteiger partial charge in [0.25, 0.3) is 0 Å². The third-order valence-corrected chi connectivity index (χ3v) is 2.94. The molecule has 1 aromatic carbocycles. The van der Waals surface area contributed by atoms with E-state index in [1.807, 2.05) is 26.0 Å². The first kappa shape index (κ1) is 17.0. The van der Waals surface area contributed by atoms with Crippen LogP contribution in [0.4, 0.5) is 10.5 Å². The summed E-state index contributed by atoms with van der Waals surface area (Å²) in [6, 6.07) is 6.80. The number of hydrogen-bond acceptors (Lipinski definition) is 3. The van der Waals surface area contributed by atoms with Crippen LogP contribution in [0.5, 0.6) is 0 Å². The van der Waals surface area contributed by atoms with Gasteiger partial charge in [0.2, 0.25) is 0 Å². The van der Waals surface area contributed by atoms with Crippen LogP contribution in [-0.2, 0) is 4.79 Å². The minimum absolute atomic E-state index is 0.359. The highest BCUT2D eigenvalue weighted by molar-refractivity contribution is 5.96. The summed E-state index contributed by atoms with van der Waals surface area (Å²) in [6.45, 7) is 5.81. The van der Waals surface area contributed by atoms with Gasteiger partial charge in [0.1, 0.15) is 6.54 Å². The molecule has 0 spiro atoms. The van der Waals surface area contributed by atoms with Gasteiger partial charge in [-0.2, -0.15) is 0 Å². The molecule has 0 heterocycles.